The van der Waals surface area contributed by atoms with Crippen molar-refractivity contribution in [3.8, 4) is 11.4 Å². The average molecular weight is 402 g/mol. The summed E-state index contributed by atoms with van der Waals surface area (Å²) in [6.07, 6.45) is 0. The molecule has 0 saturated heterocycles. The Labute approximate surface area is 177 Å². The molecule has 0 aliphatic heterocycles. The van der Waals surface area contributed by atoms with Gasteiger partial charge in [0.15, 0.2) is 11.0 Å². The number of rotatable bonds is 5. The SMILES string of the molecule is CCn1c(SCc2cccc3ccccc23)nnc1-c1ccc(C(C)(C)C)cc1. The van der Waals surface area contributed by atoms with Crippen LogP contribution in [-0.2, 0) is 17.7 Å². The van der Waals surface area contributed by atoms with Crippen LogP contribution in [0.3, 0.4) is 0 Å². The van der Waals surface area contributed by atoms with Crippen LogP contribution in [0, 0.1) is 0 Å². The smallest absolute Gasteiger partial charge is 0.191 e. The first-order valence-electron chi connectivity index (χ1n) is 10.1. The number of nitrogens with zero attached hydrogens (tertiary/aromatic N) is 3. The van der Waals surface area contributed by atoms with E-state index in [0.717, 1.165) is 28.8 Å². The maximum absolute atomic E-state index is 4.52. The van der Waals surface area contributed by atoms with Crippen LogP contribution in [0.2, 0.25) is 0 Å². The van der Waals surface area contributed by atoms with Gasteiger partial charge in [-0.25, -0.2) is 0 Å². The molecule has 3 aromatic carbocycles. The lowest BCUT2D eigenvalue weighted by molar-refractivity contribution is 0.590. The van der Waals surface area contributed by atoms with Crippen LogP contribution in [0.5, 0.6) is 0 Å². The van der Waals surface area contributed by atoms with Gasteiger partial charge in [0.1, 0.15) is 0 Å². The van der Waals surface area contributed by atoms with Gasteiger partial charge in [-0.3, -0.25) is 0 Å². The highest BCUT2D eigenvalue weighted by Crippen LogP contribution is 2.30. The van der Waals surface area contributed by atoms with E-state index in [-0.39, 0.29) is 5.41 Å². The van der Waals surface area contributed by atoms with Crippen molar-refractivity contribution in [2.75, 3.05) is 0 Å². The van der Waals surface area contributed by atoms with E-state index in [1.807, 2.05) is 0 Å². The van der Waals surface area contributed by atoms with Gasteiger partial charge < -0.3 is 4.57 Å². The highest BCUT2D eigenvalue weighted by atomic mass is 32.2. The van der Waals surface area contributed by atoms with E-state index < -0.39 is 0 Å². The molecule has 1 aromatic heterocycles. The van der Waals surface area contributed by atoms with Gasteiger partial charge in [-0.05, 0) is 34.2 Å². The Balaban J connectivity index is 1.59. The molecule has 0 atom stereocenters. The Morgan fingerprint density at radius 3 is 2.31 bits per heavy atom. The maximum Gasteiger partial charge on any atom is 0.191 e. The van der Waals surface area contributed by atoms with Crippen molar-refractivity contribution in [3.05, 3.63) is 77.9 Å². The third-order valence-corrected chi connectivity index (χ3v) is 6.29. The second kappa shape index (κ2) is 8.03. The molecule has 29 heavy (non-hydrogen) atoms. The quantitative estimate of drug-likeness (QED) is 0.348. The number of fused-ring (bicyclic) bond motifs is 1. The van der Waals surface area contributed by atoms with Gasteiger partial charge in [0, 0.05) is 17.9 Å². The minimum absolute atomic E-state index is 0.149. The second-order valence-electron chi connectivity index (χ2n) is 8.30. The summed E-state index contributed by atoms with van der Waals surface area (Å²) in [4.78, 5) is 0. The average Bonchev–Trinajstić information content (AvgIpc) is 3.14. The van der Waals surface area contributed by atoms with Crippen molar-refractivity contribution in [2.24, 2.45) is 0 Å². The Bertz CT molecular complexity index is 1120. The van der Waals surface area contributed by atoms with Crippen molar-refractivity contribution < 1.29 is 0 Å². The summed E-state index contributed by atoms with van der Waals surface area (Å²) in [7, 11) is 0. The molecule has 0 saturated carbocycles. The second-order valence-corrected chi connectivity index (χ2v) is 9.25. The molecule has 1 heterocycles. The summed E-state index contributed by atoms with van der Waals surface area (Å²) >= 11 is 1.75. The zero-order valence-corrected chi connectivity index (χ0v) is 18.3. The van der Waals surface area contributed by atoms with Gasteiger partial charge >= 0.3 is 0 Å². The molecule has 0 N–H and O–H groups in total. The number of thioether (sulfide) groups is 1. The van der Waals surface area contributed by atoms with E-state index in [1.54, 1.807) is 11.8 Å². The van der Waals surface area contributed by atoms with E-state index in [4.69, 9.17) is 0 Å². The number of hydrogen-bond donors (Lipinski definition) is 0. The van der Waals surface area contributed by atoms with Crippen LogP contribution in [0.15, 0.2) is 71.9 Å². The van der Waals surface area contributed by atoms with Crippen molar-refractivity contribution in [1.82, 2.24) is 14.8 Å². The first-order valence-corrected chi connectivity index (χ1v) is 11.1. The highest BCUT2D eigenvalue weighted by Gasteiger charge is 2.16. The normalized spacial score (nSPS) is 11.9. The van der Waals surface area contributed by atoms with Crippen molar-refractivity contribution >= 4 is 22.5 Å². The maximum atomic E-state index is 4.52. The van der Waals surface area contributed by atoms with Gasteiger partial charge in [0.2, 0.25) is 0 Å². The number of aromatic nitrogens is 3. The molecule has 0 unspecified atom stereocenters. The van der Waals surface area contributed by atoms with Gasteiger partial charge in [-0.2, -0.15) is 0 Å². The Hall–Kier alpha value is -2.59. The van der Waals surface area contributed by atoms with Crippen molar-refractivity contribution in [2.45, 2.75) is 50.6 Å². The lowest BCUT2D eigenvalue weighted by Crippen LogP contribution is -2.10. The molecular formula is C25H27N3S. The summed E-state index contributed by atoms with van der Waals surface area (Å²) in [5.74, 6) is 1.82. The zero-order chi connectivity index (χ0) is 20.4. The van der Waals surface area contributed by atoms with E-state index >= 15 is 0 Å². The Morgan fingerprint density at radius 2 is 1.59 bits per heavy atom. The van der Waals surface area contributed by atoms with E-state index in [9.17, 15) is 0 Å². The van der Waals surface area contributed by atoms with E-state index in [1.165, 1.54) is 21.9 Å². The molecule has 0 fully saturated rings. The summed E-state index contributed by atoms with van der Waals surface area (Å²) < 4.78 is 2.21. The molecule has 0 bridgehead atoms. The minimum atomic E-state index is 0.149. The molecule has 3 nitrogen and oxygen atoms in total. The third kappa shape index (κ3) is 4.08. The van der Waals surface area contributed by atoms with Crippen LogP contribution in [0.4, 0.5) is 0 Å². The van der Waals surface area contributed by atoms with Crippen LogP contribution in [0.1, 0.15) is 38.8 Å². The summed E-state index contributed by atoms with van der Waals surface area (Å²) in [6, 6.07) is 23.8. The third-order valence-electron chi connectivity index (χ3n) is 5.28. The molecule has 148 valence electrons. The fraction of sp³-hybridized carbons (Fsp3) is 0.280. The summed E-state index contributed by atoms with van der Waals surface area (Å²) in [5.41, 5.74) is 3.92. The first-order chi connectivity index (χ1) is 14.0. The fourth-order valence-corrected chi connectivity index (χ4v) is 4.58. The van der Waals surface area contributed by atoms with Crippen molar-refractivity contribution in [1.29, 1.82) is 0 Å². The van der Waals surface area contributed by atoms with Gasteiger partial charge in [-0.15, -0.1) is 10.2 Å². The predicted molar refractivity (Wildman–Crippen MR) is 123 cm³/mol. The molecule has 0 spiro atoms. The summed E-state index contributed by atoms with van der Waals surface area (Å²) in [6.45, 7) is 9.70. The largest absolute Gasteiger partial charge is 0.302 e. The standard InChI is InChI=1S/C25H27N3S/c1-5-28-23(19-13-15-21(16-14-19)25(2,3)4)26-27-24(28)29-17-20-11-8-10-18-9-6-7-12-22(18)20/h6-16H,5,17H2,1-4H3. The molecule has 4 rings (SSSR count). The monoisotopic (exact) mass is 401 g/mol. The van der Waals surface area contributed by atoms with Crippen LogP contribution >= 0.6 is 11.8 Å². The molecule has 0 aliphatic carbocycles. The molecule has 0 radical (unpaired) electrons. The van der Waals surface area contributed by atoms with Gasteiger partial charge in [-0.1, -0.05) is 99.3 Å². The highest BCUT2D eigenvalue weighted by molar-refractivity contribution is 7.98. The molecule has 4 aromatic rings. The fourth-order valence-electron chi connectivity index (χ4n) is 3.57. The van der Waals surface area contributed by atoms with E-state index in [2.05, 4.69) is 109 Å². The van der Waals surface area contributed by atoms with Gasteiger partial charge in [0.25, 0.3) is 0 Å². The van der Waals surface area contributed by atoms with Crippen molar-refractivity contribution in [3.63, 3.8) is 0 Å². The Kier molecular flexibility index (Phi) is 5.46. The molecular weight excluding hydrogens is 374 g/mol. The molecule has 0 aliphatic rings. The summed E-state index contributed by atoms with van der Waals surface area (Å²) in [5, 5.41) is 12.6. The number of hydrogen-bond acceptors (Lipinski definition) is 3. The van der Waals surface area contributed by atoms with Crippen LogP contribution in [-0.4, -0.2) is 14.8 Å². The molecule has 0 amide bonds. The number of benzene rings is 3. The van der Waals surface area contributed by atoms with Crippen LogP contribution in [0.25, 0.3) is 22.2 Å². The first kappa shape index (κ1) is 19.7. The van der Waals surface area contributed by atoms with E-state index in [0.29, 0.717) is 0 Å². The topological polar surface area (TPSA) is 30.7 Å². The molecule has 4 heteroatoms. The Morgan fingerprint density at radius 1 is 0.862 bits per heavy atom. The van der Waals surface area contributed by atoms with Crippen LogP contribution < -0.4 is 0 Å². The zero-order valence-electron chi connectivity index (χ0n) is 17.5. The lowest BCUT2D eigenvalue weighted by Gasteiger charge is -2.19. The lowest BCUT2D eigenvalue weighted by atomic mass is 9.87. The van der Waals surface area contributed by atoms with Gasteiger partial charge in [0.05, 0.1) is 0 Å². The minimum Gasteiger partial charge on any atom is -0.302 e. The predicted octanol–water partition coefficient (Wildman–Crippen LogP) is 6.71.